The molecule has 1 aliphatic rings. The molecule has 0 radical (unpaired) electrons. The minimum atomic E-state index is 0.198. The molecule has 0 amide bonds. The van der Waals surface area contributed by atoms with Gasteiger partial charge in [0.05, 0.1) is 6.54 Å². The van der Waals surface area contributed by atoms with Crippen LogP contribution in [0.4, 0.5) is 0 Å². The first-order valence-electron chi connectivity index (χ1n) is 11.4. The summed E-state index contributed by atoms with van der Waals surface area (Å²) >= 11 is 0. The van der Waals surface area contributed by atoms with Crippen LogP contribution in [0, 0.1) is 0 Å². The van der Waals surface area contributed by atoms with E-state index in [4.69, 9.17) is 4.74 Å². The van der Waals surface area contributed by atoms with Crippen molar-refractivity contribution in [2.45, 2.75) is 31.9 Å². The van der Waals surface area contributed by atoms with Crippen molar-refractivity contribution in [3.05, 3.63) is 102 Å². The number of Topliss-reactive ketones (excluding diaryl/α,β-unsaturated/α-hetero) is 1. The zero-order valence-electron chi connectivity index (χ0n) is 18.2. The van der Waals surface area contributed by atoms with Gasteiger partial charge in [-0.3, -0.25) is 9.69 Å². The number of carbonyl (C=O) groups excluding carboxylic acids is 1. The number of H-pyrrole nitrogens is 1. The fraction of sp³-hybridized carbons (Fsp3) is 0.250. The molecule has 4 nitrogen and oxygen atoms in total. The van der Waals surface area contributed by atoms with Crippen molar-refractivity contribution in [2.24, 2.45) is 0 Å². The van der Waals surface area contributed by atoms with Gasteiger partial charge in [-0.05, 0) is 49.1 Å². The van der Waals surface area contributed by atoms with Gasteiger partial charge in [0.2, 0.25) is 0 Å². The highest BCUT2D eigenvalue weighted by molar-refractivity contribution is 5.97. The largest absolute Gasteiger partial charge is 0.488 e. The fourth-order valence-electron chi connectivity index (χ4n) is 4.72. The number of ketones is 1. The van der Waals surface area contributed by atoms with E-state index in [1.807, 2.05) is 60.7 Å². The van der Waals surface area contributed by atoms with Crippen molar-refractivity contribution in [3.63, 3.8) is 0 Å². The SMILES string of the molecule is O=C(CN1CCC[C@@H]1Cc1c[nH]c2cccc(OCc3ccccc3)c12)c1ccccc1. The summed E-state index contributed by atoms with van der Waals surface area (Å²) in [4.78, 5) is 18.5. The molecule has 1 N–H and O–H groups in total. The topological polar surface area (TPSA) is 45.3 Å². The number of hydrogen-bond acceptors (Lipinski definition) is 3. The lowest BCUT2D eigenvalue weighted by atomic mass is 10.0. The van der Waals surface area contributed by atoms with Crippen molar-refractivity contribution in [3.8, 4) is 5.75 Å². The highest BCUT2D eigenvalue weighted by atomic mass is 16.5. The standard InChI is InChI=1S/C28H28N2O2/c31-26(22-11-5-2-6-12-22)19-30-16-8-13-24(30)17-23-18-29-25-14-7-15-27(28(23)25)32-20-21-9-3-1-4-10-21/h1-7,9-12,14-15,18,24,29H,8,13,16-17,19-20H2/t24-/m1/s1. The van der Waals surface area contributed by atoms with Crippen LogP contribution in [0.1, 0.15) is 34.3 Å². The van der Waals surface area contributed by atoms with Gasteiger partial charge >= 0.3 is 0 Å². The number of nitrogens with zero attached hydrogens (tertiary/aromatic N) is 1. The highest BCUT2D eigenvalue weighted by Crippen LogP contribution is 2.32. The van der Waals surface area contributed by atoms with Crippen LogP contribution in [0.2, 0.25) is 0 Å². The summed E-state index contributed by atoms with van der Waals surface area (Å²) in [6, 6.07) is 26.4. The van der Waals surface area contributed by atoms with Crippen molar-refractivity contribution in [2.75, 3.05) is 13.1 Å². The molecule has 3 aromatic carbocycles. The van der Waals surface area contributed by atoms with Gasteiger partial charge in [-0.2, -0.15) is 0 Å². The van der Waals surface area contributed by atoms with Crippen LogP contribution in [-0.2, 0) is 13.0 Å². The van der Waals surface area contributed by atoms with Gasteiger partial charge in [-0.15, -0.1) is 0 Å². The zero-order valence-corrected chi connectivity index (χ0v) is 18.2. The molecule has 1 atom stereocenters. The third-order valence-corrected chi connectivity index (χ3v) is 6.38. The molecule has 0 unspecified atom stereocenters. The first-order chi connectivity index (χ1) is 15.8. The molecule has 32 heavy (non-hydrogen) atoms. The number of rotatable bonds is 8. The molecule has 0 aliphatic carbocycles. The number of aromatic amines is 1. The summed E-state index contributed by atoms with van der Waals surface area (Å²) in [6.07, 6.45) is 5.26. The Kier molecular flexibility index (Phi) is 6.04. The first-order valence-corrected chi connectivity index (χ1v) is 11.4. The maximum absolute atomic E-state index is 12.8. The molecule has 2 heterocycles. The molecule has 4 heteroatoms. The van der Waals surface area contributed by atoms with E-state index >= 15 is 0 Å². The van der Waals surface area contributed by atoms with Crippen LogP contribution < -0.4 is 4.74 Å². The van der Waals surface area contributed by atoms with E-state index in [1.165, 1.54) is 5.56 Å². The van der Waals surface area contributed by atoms with Crippen LogP contribution in [-0.4, -0.2) is 34.8 Å². The Morgan fingerprint density at radius 1 is 0.969 bits per heavy atom. The third kappa shape index (κ3) is 4.46. The molecular weight excluding hydrogens is 396 g/mol. The van der Waals surface area contributed by atoms with E-state index in [9.17, 15) is 4.79 Å². The zero-order chi connectivity index (χ0) is 21.8. The van der Waals surface area contributed by atoms with Gasteiger partial charge in [0, 0.05) is 28.7 Å². The average Bonchev–Trinajstić information content (AvgIpc) is 3.46. The number of fused-ring (bicyclic) bond motifs is 1. The van der Waals surface area contributed by atoms with Crippen molar-refractivity contribution < 1.29 is 9.53 Å². The summed E-state index contributed by atoms with van der Waals surface area (Å²) < 4.78 is 6.23. The van der Waals surface area contributed by atoms with Crippen molar-refractivity contribution >= 4 is 16.7 Å². The van der Waals surface area contributed by atoms with Gasteiger partial charge in [-0.1, -0.05) is 66.7 Å². The second-order valence-electron chi connectivity index (χ2n) is 8.53. The molecule has 4 aromatic rings. The number of carbonyl (C=O) groups is 1. The minimum absolute atomic E-state index is 0.198. The molecular formula is C28H28N2O2. The summed E-state index contributed by atoms with van der Waals surface area (Å²) in [5, 5.41) is 1.16. The number of benzene rings is 3. The minimum Gasteiger partial charge on any atom is -0.488 e. The molecule has 0 saturated carbocycles. The molecule has 5 rings (SSSR count). The third-order valence-electron chi connectivity index (χ3n) is 6.38. The predicted octanol–water partition coefficient (Wildman–Crippen LogP) is 5.64. The molecule has 1 aliphatic heterocycles. The average molecular weight is 425 g/mol. The van der Waals surface area contributed by atoms with Gasteiger partial charge in [0.1, 0.15) is 12.4 Å². The Bertz CT molecular complexity index is 1180. The van der Waals surface area contributed by atoms with Gasteiger partial charge in [-0.25, -0.2) is 0 Å². The molecule has 1 aromatic heterocycles. The number of hydrogen-bond donors (Lipinski definition) is 1. The normalized spacial score (nSPS) is 16.4. The van der Waals surface area contributed by atoms with E-state index in [-0.39, 0.29) is 5.78 Å². The Balaban J connectivity index is 1.32. The molecule has 162 valence electrons. The Morgan fingerprint density at radius 3 is 2.56 bits per heavy atom. The van der Waals surface area contributed by atoms with E-state index < -0.39 is 0 Å². The molecule has 0 spiro atoms. The second kappa shape index (κ2) is 9.41. The number of ether oxygens (including phenoxy) is 1. The van der Waals surface area contributed by atoms with Crippen LogP contribution in [0.15, 0.2) is 85.1 Å². The first kappa shape index (κ1) is 20.5. The maximum Gasteiger partial charge on any atom is 0.176 e. The van der Waals surface area contributed by atoms with Crippen molar-refractivity contribution in [1.29, 1.82) is 0 Å². The van der Waals surface area contributed by atoms with Crippen LogP contribution in [0.3, 0.4) is 0 Å². The van der Waals surface area contributed by atoms with E-state index in [0.717, 1.165) is 53.6 Å². The van der Waals surface area contributed by atoms with Crippen molar-refractivity contribution in [1.82, 2.24) is 9.88 Å². The summed E-state index contributed by atoms with van der Waals surface area (Å²) in [5.74, 6) is 1.11. The quantitative estimate of drug-likeness (QED) is 0.373. The van der Waals surface area contributed by atoms with E-state index in [0.29, 0.717) is 19.2 Å². The summed E-state index contributed by atoms with van der Waals surface area (Å²) in [7, 11) is 0. The van der Waals surface area contributed by atoms with E-state index in [1.54, 1.807) is 0 Å². The summed E-state index contributed by atoms with van der Waals surface area (Å²) in [5.41, 5.74) is 4.30. The Morgan fingerprint density at radius 2 is 1.75 bits per heavy atom. The number of likely N-dealkylation sites (tertiary alicyclic amines) is 1. The Hall–Kier alpha value is -3.37. The smallest absolute Gasteiger partial charge is 0.176 e. The monoisotopic (exact) mass is 424 g/mol. The number of nitrogens with one attached hydrogen (secondary N) is 1. The van der Waals surface area contributed by atoms with Gasteiger partial charge < -0.3 is 9.72 Å². The lowest BCUT2D eigenvalue weighted by Crippen LogP contribution is -2.35. The van der Waals surface area contributed by atoms with E-state index in [2.05, 4.69) is 34.3 Å². The highest BCUT2D eigenvalue weighted by Gasteiger charge is 2.27. The Labute approximate surface area is 188 Å². The molecule has 1 saturated heterocycles. The second-order valence-corrected chi connectivity index (χ2v) is 8.53. The lowest BCUT2D eigenvalue weighted by molar-refractivity contribution is 0.0921. The van der Waals surface area contributed by atoms with Crippen LogP contribution >= 0.6 is 0 Å². The fourth-order valence-corrected chi connectivity index (χ4v) is 4.72. The van der Waals surface area contributed by atoms with Gasteiger partial charge in [0.25, 0.3) is 0 Å². The number of aromatic nitrogens is 1. The van der Waals surface area contributed by atoms with Crippen LogP contribution in [0.5, 0.6) is 5.75 Å². The maximum atomic E-state index is 12.8. The lowest BCUT2D eigenvalue weighted by Gasteiger charge is -2.24. The van der Waals surface area contributed by atoms with Gasteiger partial charge in [0.15, 0.2) is 5.78 Å². The summed E-state index contributed by atoms with van der Waals surface area (Å²) in [6.45, 7) is 2.00. The predicted molar refractivity (Wildman–Crippen MR) is 128 cm³/mol. The van der Waals surface area contributed by atoms with Crippen LogP contribution in [0.25, 0.3) is 10.9 Å². The molecule has 1 fully saturated rings. The molecule has 0 bridgehead atoms.